The smallest absolute Gasteiger partial charge is 0.319 e. The first-order valence-electron chi connectivity index (χ1n) is 23.7. The number of nitrogens with two attached hydrogens (primary N) is 2. The van der Waals surface area contributed by atoms with E-state index in [0.717, 1.165) is 103 Å². The summed E-state index contributed by atoms with van der Waals surface area (Å²) in [5.74, 6) is -0.344. The minimum Gasteiger partial charge on any atom is -0.465 e. The number of carbonyl (C=O) groups excluding carboxylic acids is 2. The molecule has 0 aromatic rings. The van der Waals surface area contributed by atoms with Crippen LogP contribution in [0, 0.1) is 5.92 Å². The molecule has 57 heavy (non-hydrogen) atoms. The van der Waals surface area contributed by atoms with Gasteiger partial charge in [-0.25, -0.2) is 10.6 Å². The lowest BCUT2D eigenvalue weighted by Crippen LogP contribution is -3.29. The summed E-state index contributed by atoms with van der Waals surface area (Å²) in [5, 5.41) is 18.4. The topological polar surface area (TPSA) is 166 Å². The molecule has 4 fully saturated rings. The number of hydrogen-bond acceptors (Lipinski definition) is 10. The van der Waals surface area contributed by atoms with Crippen molar-refractivity contribution in [2.45, 2.75) is 223 Å². The Bertz CT molecular complexity index is 1230. The van der Waals surface area contributed by atoms with Gasteiger partial charge < -0.3 is 40.6 Å². The molecular weight excluding hydrogens is 721 g/mol. The third-order valence-corrected chi connectivity index (χ3v) is 13.7. The number of nitrogens with one attached hydrogen (secondary N) is 3. The Labute approximate surface area is 345 Å². The standard InChI is InChI=1S/C45H82N6O6/c1-3-38-23-14-15-26-44(57-38)34-36-24-25-39-41(45(27-19-21-35(2)56-45)49-43(48-44)51(36)39)42(54)55-32-18-12-10-8-6-4-5-7-9-11-13-22-37(52)33-40(53)50(31-20-29-47)30-17-16-28-46/h14,23,35-39,41,43,48-49,52H,3-13,15-22,24-34,46-47H2,1-2H3/p+1/t35-,36+,37-,38+,39-,41-,43?,44+,45-/m1/s1. The van der Waals surface area contributed by atoms with Crippen LogP contribution in [0.4, 0.5) is 0 Å². The summed E-state index contributed by atoms with van der Waals surface area (Å²) in [7, 11) is 0. The molecule has 0 saturated carbocycles. The molecule has 328 valence electrons. The molecule has 4 saturated heterocycles. The zero-order chi connectivity index (χ0) is 40.5. The largest absolute Gasteiger partial charge is 0.465 e. The molecule has 10 atom stereocenters. The summed E-state index contributed by atoms with van der Waals surface area (Å²) < 4.78 is 19.8. The van der Waals surface area contributed by atoms with E-state index in [0.29, 0.717) is 45.2 Å². The van der Waals surface area contributed by atoms with Crippen molar-refractivity contribution in [3.63, 3.8) is 0 Å². The molecule has 0 radical (unpaired) electrons. The number of quaternary nitrogens is 1. The van der Waals surface area contributed by atoms with Crippen LogP contribution in [0.2, 0.25) is 0 Å². The van der Waals surface area contributed by atoms with Crippen LogP contribution in [0.15, 0.2) is 12.2 Å². The molecule has 8 N–H and O–H groups in total. The third-order valence-electron chi connectivity index (χ3n) is 13.7. The lowest BCUT2D eigenvalue weighted by Gasteiger charge is -2.58. The maximum atomic E-state index is 14.1. The summed E-state index contributed by atoms with van der Waals surface area (Å²) >= 11 is 0. The summed E-state index contributed by atoms with van der Waals surface area (Å²) in [6.45, 7) is 7.38. The van der Waals surface area contributed by atoms with Gasteiger partial charge in [0.15, 0.2) is 5.92 Å². The highest BCUT2D eigenvalue weighted by Crippen LogP contribution is 2.42. The normalized spacial score (nSPS) is 32.6. The van der Waals surface area contributed by atoms with E-state index in [2.05, 4.69) is 36.6 Å². The summed E-state index contributed by atoms with van der Waals surface area (Å²) in [6, 6.07) is 0.623. The predicted octanol–water partition coefficient (Wildman–Crippen LogP) is 4.92. The van der Waals surface area contributed by atoms with Crippen LogP contribution in [-0.2, 0) is 23.8 Å². The molecule has 5 heterocycles. The van der Waals surface area contributed by atoms with Crippen LogP contribution in [0.25, 0.3) is 0 Å². The van der Waals surface area contributed by atoms with Gasteiger partial charge in [0.2, 0.25) is 12.2 Å². The molecule has 12 nitrogen and oxygen atoms in total. The number of nitrogens with zero attached hydrogens (tertiary/aromatic N) is 1. The van der Waals surface area contributed by atoms with Crippen LogP contribution < -0.4 is 27.0 Å². The first-order chi connectivity index (χ1) is 27.7. The minimum absolute atomic E-state index is 0.00997. The van der Waals surface area contributed by atoms with Crippen LogP contribution >= 0.6 is 0 Å². The van der Waals surface area contributed by atoms with Gasteiger partial charge in [-0.15, -0.1) is 0 Å². The number of rotatable bonds is 25. The number of unbranched alkanes of at least 4 members (excludes halogenated alkanes) is 11. The Balaban J connectivity index is 0.940. The molecule has 12 heteroatoms. The van der Waals surface area contributed by atoms with E-state index < -0.39 is 11.8 Å². The van der Waals surface area contributed by atoms with E-state index in [4.69, 9.17) is 25.7 Å². The fraction of sp³-hybridized carbons (Fsp3) is 0.911. The number of allylic oxidation sites excluding steroid dienone is 1. The number of amides is 1. The second kappa shape index (κ2) is 24.0. The molecule has 5 rings (SSSR count). The quantitative estimate of drug-likeness (QED) is 0.0424. The van der Waals surface area contributed by atoms with Crippen molar-refractivity contribution in [2.24, 2.45) is 17.4 Å². The van der Waals surface area contributed by atoms with Crippen molar-refractivity contribution in [1.82, 2.24) is 15.5 Å². The Morgan fingerprint density at radius 1 is 0.895 bits per heavy atom. The summed E-state index contributed by atoms with van der Waals surface area (Å²) in [6.07, 6.45) is 29.2. The van der Waals surface area contributed by atoms with Gasteiger partial charge in [0, 0.05) is 32.4 Å². The van der Waals surface area contributed by atoms with Crippen LogP contribution in [0.5, 0.6) is 0 Å². The van der Waals surface area contributed by atoms with Gasteiger partial charge in [-0.2, -0.15) is 0 Å². The van der Waals surface area contributed by atoms with Gasteiger partial charge in [0.05, 0.1) is 37.4 Å². The maximum absolute atomic E-state index is 14.1. The highest BCUT2D eigenvalue weighted by molar-refractivity contribution is 5.76. The third kappa shape index (κ3) is 13.4. The fourth-order valence-corrected chi connectivity index (χ4v) is 10.7. The number of aliphatic hydroxyl groups is 1. The Morgan fingerprint density at radius 2 is 1.60 bits per heavy atom. The number of hydrogen-bond donors (Lipinski definition) is 6. The lowest BCUT2D eigenvalue weighted by molar-refractivity contribution is -0.985. The van der Waals surface area contributed by atoms with Gasteiger partial charge >= 0.3 is 5.97 Å². The van der Waals surface area contributed by atoms with Gasteiger partial charge in [-0.3, -0.25) is 9.59 Å². The minimum atomic E-state index is -0.708. The summed E-state index contributed by atoms with van der Waals surface area (Å²) in [5.41, 5.74) is 10.2. The van der Waals surface area contributed by atoms with Crippen molar-refractivity contribution >= 4 is 11.9 Å². The van der Waals surface area contributed by atoms with Crippen molar-refractivity contribution < 1.29 is 33.8 Å². The van der Waals surface area contributed by atoms with Crippen molar-refractivity contribution in [1.29, 1.82) is 0 Å². The second-order valence-electron chi connectivity index (χ2n) is 18.2. The average molecular weight is 804 g/mol. The highest BCUT2D eigenvalue weighted by Gasteiger charge is 2.66. The van der Waals surface area contributed by atoms with Gasteiger partial charge in [0.1, 0.15) is 17.5 Å². The molecule has 0 aromatic carbocycles. The fourth-order valence-electron chi connectivity index (χ4n) is 10.7. The van der Waals surface area contributed by atoms with E-state index >= 15 is 0 Å². The Hall–Kier alpha value is -1.64. The molecule has 1 amide bonds. The van der Waals surface area contributed by atoms with E-state index in [-0.39, 0.29) is 54.5 Å². The monoisotopic (exact) mass is 804 g/mol. The number of ether oxygens (including phenoxy) is 3. The number of esters is 1. The van der Waals surface area contributed by atoms with Crippen molar-refractivity contribution in [3.8, 4) is 0 Å². The molecule has 5 aliphatic rings. The van der Waals surface area contributed by atoms with Crippen LogP contribution in [-0.4, -0.2) is 103 Å². The summed E-state index contributed by atoms with van der Waals surface area (Å²) in [4.78, 5) is 30.1. The Morgan fingerprint density at radius 3 is 2.30 bits per heavy atom. The molecule has 2 unspecified atom stereocenters. The van der Waals surface area contributed by atoms with E-state index in [9.17, 15) is 14.7 Å². The molecule has 2 spiro atoms. The molecule has 5 aliphatic heterocycles. The van der Waals surface area contributed by atoms with Gasteiger partial charge in [-0.05, 0) is 90.6 Å². The van der Waals surface area contributed by atoms with Crippen LogP contribution in [0.1, 0.15) is 174 Å². The molecule has 0 aromatic heterocycles. The van der Waals surface area contributed by atoms with E-state index in [1.54, 1.807) is 0 Å². The van der Waals surface area contributed by atoms with Crippen LogP contribution in [0.3, 0.4) is 0 Å². The zero-order valence-corrected chi connectivity index (χ0v) is 36.0. The molecular formula is C45H83N6O6+. The highest BCUT2D eigenvalue weighted by atomic mass is 16.6. The number of carbonyl (C=O) groups is 2. The van der Waals surface area contributed by atoms with Gasteiger partial charge in [0.25, 0.3) is 0 Å². The second-order valence-corrected chi connectivity index (χ2v) is 18.2. The maximum Gasteiger partial charge on any atom is 0.319 e. The lowest BCUT2D eigenvalue weighted by atomic mass is 9.79. The van der Waals surface area contributed by atoms with Gasteiger partial charge in [-0.1, -0.05) is 83.3 Å². The SMILES string of the molecule is CC[C@H]1C=CCC[C@@]2(C[C@@H]3CC[C@@H]4[C@H](C(=O)OCCCCCCCCCCCCC[C@@H](O)CC(=O)N(CCCN)CCCCN)[C@]5(CCC[C@@H](C)O5)NC(N2)[NH+]34)O1. The van der Waals surface area contributed by atoms with E-state index in [1.165, 1.54) is 49.8 Å². The molecule has 0 aliphatic carbocycles. The van der Waals surface area contributed by atoms with E-state index in [1.807, 2.05) is 4.90 Å². The zero-order valence-electron chi connectivity index (χ0n) is 36.0. The molecule has 0 bridgehead atoms. The van der Waals surface area contributed by atoms with Crippen molar-refractivity contribution in [3.05, 3.63) is 12.2 Å². The predicted molar refractivity (Wildman–Crippen MR) is 225 cm³/mol. The first kappa shape index (κ1) is 46.4. The first-order valence-corrected chi connectivity index (χ1v) is 23.7. The average Bonchev–Trinajstić information content (AvgIpc) is 3.49. The number of aliphatic hydroxyl groups excluding tert-OH is 1. The van der Waals surface area contributed by atoms with Crippen molar-refractivity contribution in [2.75, 3.05) is 32.8 Å². The Kier molecular flexibility index (Phi) is 19.5.